The van der Waals surface area contributed by atoms with Gasteiger partial charge < -0.3 is 14.8 Å². The Morgan fingerprint density at radius 1 is 1.47 bits per heavy atom. The van der Waals surface area contributed by atoms with Crippen LogP contribution in [0.2, 0.25) is 0 Å². The van der Waals surface area contributed by atoms with Gasteiger partial charge in [0.2, 0.25) is 0 Å². The van der Waals surface area contributed by atoms with Crippen LogP contribution < -0.4 is 10.1 Å². The molecular weight excluding hydrogens is 238 g/mol. The normalized spacial score (nSPS) is 29.5. The topological polar surface area (TPSA) is 30.5 Å². The van der Waals surface area contributed by atoms with E-state index in [1.54, 1.807) is 7.11 Å². The molecule has 2 aliphatic rings. The van der Waals surface area contributed by atoms with Crippen molar-refractivity contribution < 1.29 is 9.47 Å². The van der Waals surface area contributed by atoms with Crippen LogP contribution in [0.25, 0.3) is 0 Å². The van der Waals surface area contributed by atoms with Crippen LogP contribution in [0.1, 0.15) is 37.3 Å². The summed E-state index contributed by atoms with van der Waals surface area (Å²) in [6, 6.07) is 7.01. The van der Waals surface area contributed by atoms with Crippen LogP contribution in [0.4, 0.5) is 0 Å². The minimum atomic E-state index is -0.0744. The number of hydrogen-bond donors (Lipinski definition) is 1. The Morgan fingerprint density at radius 3 is 3.16 bits per heavy atom. The molecule has 1 aliphatic carbocycles. The monoisotopic (exact) mass is 261 g/mol. The molecule has 1 saturated heterocycles. The highest BCUT2D eigenvalue weighted by Gasteiger charge is 2.43. The molecule has 1 N–H and O–H groups in total. The average Bonchev–Trinajstić information content (AvgIpc) is 2.77. The average molecular weight is 261 g/mol. The smallest absolute Gasteiger partial charge is 0.119 e. The SMILES string of the molecule is CCNC1CCOC2(CCc3ccc(OC)cc32)C1. The summed E-state index contributed by atoms with van der Waals surface area (Å²) in [5, 5.41) is 3.58. The third-order valence-electron chi connectivity index (χ3n) is 4.52. The molecule has 1 aliphatic heterocycles. The zero-order valence-electron chi connectivity index (χ0n) is 11.9. The van der Waals surface area contributed by atoms with Gasteiger partial charge in [0.1, 0.15) is 5.75 Å². The van der Waals surface area contributed by atoms with Gasteiger partial charge in [-0.05, 0) is 55.5 Å². The van der Waals surface area contributed by atoms with Crippen molar-refractivity contribution in [3.05, 3.63) is 29.3 Å². The second-order valence-corrected chi connectivity index (χ2v) is 5.61. The Morgan fingerprint density at radius 2 is 2.37 bits per heavy atom. The molecule has 1 heterocycles. The van der Waals surface area contributed by atoms with Gasteiger partial charge in [-0.15, -0.1) is 0 Å². The Bertz CT molecular complexity index is 454. The van der Waals surface area contributed by atoms with Gasteiger partial charge in [0, 0.05) is 12.6 Å². The summed E-state index contributed by atoms with van der Waals surface area (Å²) in [4.78, 5) is 0. The Kier molecular flexibility index (Phi) is 3.50. The summed E-state index contributed by atoms with van der Waals surface area (Å²) in [6.45, 7) is 4.06. The number of hydrogen-bond acceptors (Lipinski definition) is 3. The standard InChI is InChI=1S/C16H23NO2/c1-3-17-13-7-9-19-16(11-13)8-6-12-4-5-14(18-2)10-15(12)16/h4-5,10,13,17H,3,6-9,11H2,1-2H3. The van der Waals surface area contributed by atoms with E-state index in [4.69, 9.17) is 9.47 Å². The van der Waals surface area contributed by atoms with E-state index in [2.05, 4.69) is 30.4 Å². The maximum Gasteiger partial charge on any atom is 0.119 e. The molecule has 3 rings (SSSR count). The molecule has 1 aromatic carbocycles. The fourth-order valence-electron chi connectivity index (χ4n) is 3.58. The second kappa shape index (κ2) is 5.14. The lowest BCUT2D eigenvalue weighted by atomic mass is 9.85. The molecule has 0 radical (unpaired) electrons. The van der Waals surface area contributed by atoms with Gasteiger partial charge in [-0.1, -0.05) is 13.0 Å². The maximum absolute atomic E-state index is 6.23. The van der Waals surface area contributed by atoms with Crippen LogP contribution in [-0.4, -0.2) is 26.3 Å². The first-order valence-corrected chi connectivity index (χ1v) is 7.32. The van der Waals surface area contributed by atoms with Crippen molar-refractivity contribution >= 4 is 0 Å². The molecular formula is C16H23NO2. The Labute approximate surface area is 115 Å². The Hall–Kier alpha value is -1.06. The summed E-state index contributed by atoms with van der Waals surface area (Å²) in [5.74, 6) is 0.939. The number of fused-ring (bicyclic) bond motifs is 2. The predicted molar refractivity (Wildman–Crippen MR) is 75.6 cm³/mol. The van der Waals surface area contributed by atoms with Crippen LogP contribution in [0.15, 0.2) is 18.2 Å². The van der Waals surface area contributed by atoms with Crippen molar-refractivity contribution in [3.8, 4) is 5.75 Å². The lowest BCUT2D eigenvalue weighted by molar-refractivity contribution is -0.0927. The van der Waals surface area contributed by atoms with Crippen LogP contribution in [0.5, 0.6) is 5.75 Å². The molecule has 0 aromatic heterocycles. The molecule has 1 fully saturated rings. The first-order valence-electron chi connectivity index (χ1n) is 7.32. The molecule has 0 amide bonds. The molecule has 0 bridgehead atoms. The summed E-state index contributed by atoms with van der Waals surface area (Å²) in [7, 11) is 1.73. The highest BCUT2D eigenvalue weighted by Crippen LogP contribution is 2.46. The van der Waals surface area contributed by atoms with Crippen molar-refractivity contribution in [1.82, 2.24) is 5.32 Å². The molecule has 3 heteroatoms. The van der Waals surface area contributed by atoms with E-state index < -0.39 is 0 Å². The number of benzene rings is 1. The van der Waals surface area contributed by atoms with Crippen molar-refractivity contribution in [2.45, 2.75) is 44.2 Å². The lowest BCUT2D eigenvalue weighted by Gasteiger charge is -2.39. The quantitative estimate of drug-likeness (QED) is 0.907. The van der Waals surface area contributed by atoms with E-state index in [9.17, 15) is 0 Å². The molecule has 1 aromatic rings. The number of nitrogens with one attached hydrogen (secondary N) is 1. The third kappa shape index (κ3) is 2.26. The molecule has 2 atom stereocenters. The van der Waals surface area contributed by atoms with Gasteiger partial charge in [0.15, 0.2) is 0 Å². The first-order chi connectivity index (χ1) is 9.27. The molecule has 0 saturated carbocycles. The fraction of sp³-hybridized carbons (Fsp3) is 0.625. The number of methoxy groups -OCH3 is 1. The predicted octanol–water partition coefficient (Wildman–Crippen LogP) is 2.63. The van der Waals surface area contributed by atoms with E-state index in [-0.39, 0.29) is 5.60 Å². The number of rotatable bonds is 3. The summed E-state index contributed by atoms with van der Waals surface area (Å²) in [5.41, 5.74) is 2.71. The molecule has 19 heavy (non-hydrogen) atoms. The summed E-state index contributed by atoms with van der Waals surface area (Å²) >= 11 is 0. The minimum absolute atomic E-state index is 0.0744. The Balaban J connectivity index is 1.90. The van der Waals surface area contributed by atoms with Crippen LogP contribution in [0.3, 0.4) is 0 Å². The van der Waals surface area contributed by atoms with Gasteiger partial charge in [0.05, 0.1) is 12.7 Å². The van der Waals surface area contributed by atoms with Crippen molar-refractivity contribution in [2.75, 3.05) is 20.3 Å². The van der Waals surface area contributed by atoms with E-state index in [0.717, 1.165) is 44.6 Å². The fourth-order valence-corrected chi connectivity index (χ4v) is 3.58. The van der Waals surface area contributed by atoms with Gasteiger partial charge in [0.25, 0.3) is 0 Å². The second-order valence-electron chi connectivity index (χ2n) is 5.61. The maximum atomic E-state index is 6.23. The van der Waals surface area contributed by atoms with Gasteiger partial charge >= 0.3 is 0 Å². The molecule has 1 spiro atoms. The van der Waals surface area contributed by atoms with Crippen LogP contribution >= 0.6 is 0 Å². The summed E-state index contributed by atoms with van der Waals surface area (Å²) < 4.78 is 11.6. The van der Waals surface area contributed by atoms with Crippen LogP contribution in [0, 0.1) is 0 Å². The third-order valence-corrected chi connectivity index (χ3v) is 4.52. The van der Waals surface area contributed by atoms with Crippen molar-refractivity contribution in [3.63, 3.8) is 0 Å². The number of ether oxygens (including phenoxy) is 2. The lowest BCUT2D eigenvalue weighted by Crippen LogP contribution is -2.44. The zero-order chi connectivity index (χ0) is 13.3. The minimum Gasteiger partial charge on any atom is -0.497 e. The van der Waals surface area contributed by atoms with Crippen molar-refractivity contribution in [1.29, 1.82) is 0 Å². The van der Waals surface area contributed by atoms with Gasteiger partial charge in [-0.3, -0.25) is 0 Å². The highest BCUT2D eigenvalue weighted by atomic mass is 16.5. The van der Waals surface area contributed by atoms with E-state index in [1.807, 2.05) is 0 Å². The highest BCUT2D eigenvalue weighted by molar-refractivity contribution is 5.43. The zero-order valence-corrected chi connectivity index (χ0v) is 11.9. The van der Waals surface area contributed by atoms with E-state index in [1.165, 1.54) is 11.1 Å². The molecule has 2 unspecified atom stereocenters. The molecule has 104 valence electrons. The number of aryl methyl sites for hydroxylation is 1. The van der Waals surface area contributed by atoms with Crippen LogP contribution in [-0.2, 0) is 16.8 Å². The summed E-state index contributed by atoms with van der Waals surface area (Å²) in [6.07, 6.45) is 4.44. The van der Waals surface area contributed by atoms with Gasteiger partial charge in [-0.2, -0.15) is 0 Å². The first kappa shape index (κ1) is 12.9. The van der Waals surface area contributed by atoms with Crippen molar-refractivity contribution in [2.24, 2.45) is 0 Å². The van der Waals surface area contributed by atoms with Gasteiger partial charge in [-0.25, -0.2) is 0 Å². The van der Waals surface area contributed by atoms with E-state index >= 15 is 0 Å². The van der Waals surface area contributed by atoms with E-state index in [0.29, 0.717) is 6.04 Å². The molecule has 3 nitrogen and oxygen atoms in total. The largest absolute Gasteiger partial charge is 0.497 e.